The van der Waals surface area contributed by atoms with Gasteiger partial charge in [0.15, 0.2) is 5.79 Å². The molecule has 0 unspecified atom stereocenters. The van der Waals surface area contributed by atoms with Crippen molar-refractivity contribution < 1.29 is 10.2 Å². The number of nitrogens with one attached hydrogen (secondary N) is 1. The van der Waals surface area contributed by atoms with E-state index in [1.54, 1.807) is 6.08 Å². The number of aromatic nitrogens is 1. The van der Waals surface area contributed by atoms with Gasteiger partial charge in [-0.1, -0.05) is 18.2 Å². The van der Waals surface area contributed by atoms with Crippen molar-refractivity contribution in [1.29, 1.82) is 0 Å². The summed E-state index contributed by atoms with van der Waals surface area (Å²) in [5, 5.41) is 20.2. The van der Waals surface area contributed by atoms with Crippen LogP contribution in [0.2, 0.25) is 0 Å². The number of aromatic amines is 1. The lowest BCUT2D eigenvalue weighted by Gasteiger charge is -2.21. The molecule has 0 radical (unpaired) electrons. The number of fused-ring (bicyclic) bond motifs is 3. The van der Waals surface area contributed by atoms with Crippen LogP contribution in [0.15, 0.2) is 30.3 Å². The van der Waals surface area contributed by atoms with Crippen LogP contribution in [-0.4, -0.2) is 21.0 Å². The Labute approximate surface area is 86.7 Å². The van der Waals surface area contributed by atoms with Crippen molar-refractivity contribution in [2.75, 3.05) is 0 Å². The van der Waals surface area contributed by atoms with Crippen molar-refractivity contribution in [3.8, 4) is 0 Å². The van der Waals surface area contributed by atoms with Crippen molar-refractivity contribution >= 4 is 17.0 Å². The molecule has 15 heavy (non-hydrogen) atoms. The Balaban J connectivity index is 2.29. The highest BCUT2D eigenvalue weighted by molar-refractivity contribution is 5.88. The Bertz CT molecular complexity index is 552. The summed E-state index contributed by atoms with van der Waals surface area (Å²) in [5.74, 6) is -1.71. The minimum absolute atomic E-state index is 0.239. The van der Waals surface area contributed by atoms with E-state index in [2.05, 4.69) is 4.98 Å². The molecule has 0 aliphatic heterocycles. The maximum Gasteiger partial charge on any atom is 0.187 e. The second-order valence-corrected chi connectivity index (χ2v) is 3.95. The zero-order valence-electron chi connectivity index (χ0n) is 8.07. The minimum Gasteiger partial charge on any atom is -0.362 e. The van der Waals surface area contributed by atoms with E-state index >= 15 is 0 Å². The SMILES string of the molecule is OC1(O)C=Cc2[nH]c3ccccc3c2C1. The van der Waals surface area contributed by atoms with Crippen LogP contribution in [-0.2, 0) is 6.42 Å². The van der Waals surface area contributed by atoms with Gasteiger partial charge in [-0.2, -0.15) is 0 Å². The predicted octanol–water partition coefficient (Wildman–Crippen LogP) is 1.42. The Kier molecular flexibility index (Phi) is 1.58. The van der Waals surface area contributed by atoms with Crippen LogP contribution in [0.1, 0.15) is 11.3 Å². The fraction of sp³-hybridized carbons (Fsp3) is 0.167. The van der Waals surface area contributed by atoms with E-state index in [4.69, 9.17) is 0 Å². The standard InChI is InChI=1S/C12H11NO2/c14-12(15)6-5-11-9(7-12)8-3-1-2-4-10(8)13-11/h1-6,13-15H,7H2. The van der Waals surface area contributed by atoms with Crippen LogP contribution in [0.25, 0.3) is 17.0 Å². The van der Waals surface area contributed by atoms with Crippen molar-refractivity contribution in [2.45, 2.75) is 12.2 Å². The number of hydrogen-bond donors (Lipinski definition) is 3. The van der Waals surface area contributed by atoms with Crippen molar-refractivity contribution in [3.63, 3.8) is 0 Å². The van der Waals surface area contributed by atoms with Gasteiger partial charge in [-0.25, -0.2) is 0 Å². The zero-order valence-corrected chi connectivity index (χ0v) is 8.07. The van der Waals surface area contributed by atoms with E-state index in [-0.39, 0.29) is 6.42 Å². The van der Waals surface area contributed by atoms with Crippen LogP contribution < -0.4 is 0 Å². The molecule has 3 nitrogen and oxygen atoms in total. The normalized spacial score (nSPS) is 18.0. The van der Waals surface area contributed by atoms with E-state index < -0.39 is 5.79 Å². The molecule has 1 aliphatic rings. The monoisotopic (exact) mass is 201 g/mol. The summed E-state index contributed by atoms with van der Waals surface area (Å²) in [6, 6.07) is 7.88. The molecule has 0 bridgehead atoms. The van der Waals surface area contributed by atoms with Gasteiger partial charge in [0.25, 0.3) is 0 Å². The summed E-state index contributed by atoms with van der Waals surface area (Å²) < 4.78 is 0. The van der Waals surface area contributed by atoms with Gasteiger partial charge in [-0.15, -0.1) is 0 Å². The maximum absolute atomic E-state index is 9.55. The number of rotatable bonds is 0. The lowest BCUT2D eigenvalue weighted by atomic mass is 9.96. The Morgan fingerprint density at radius 1 is 1.20 bits per heavy atom. The third-order valence-corrected chi connectivity index (χ3v) is 2.80. The lowest BCUT2D eigenvalue weighted by Crippen LogP contribution is -2.30. The van der Waals surface area contributed by atoms with Crippen LogP contribution in [0.4, 0.5) is 0 Å². The predicted molar refractivity (Wildman–Crippen MR) is 58.2 cm³/mol. The van der Waals surface area contributed by atoms with Gasteiger partial charge < -0.3 is 15.2 Å². The average molecular weight is 201 g/mol. The lowest BCUT2D eigenvalue weighted by molar-refractivity contribution is -0.116. The molecular weight excluding hydrogens is 190 g/mol. The van der Waals surface area contributed by atoms with Crippen LogP contribution in [0, 0.1) is 0 Å². The van der Waals surface area contributed by atoms with Gasteiger partial charge in [0, 0.05) is 23.0 Å². The third-order valence-electron chi connectivity index (χ3n) is 2.80. The van der Waals surface area contributed by atoms with E-state index in [1.165, 1.54) is 6.08 Å². The number of aliphatic hydroxyl groups is 2. The molecule has 3 heteroatoms. The Morgan fingerprint density at radius 2 is 2.00 bits per heavy atom. The van der Waals surface area contributed by atoms with Gasteiger partial charge in [-0.3, -0.25) is 0 Å². The molecule has 0 saturated carbocycles. The topological polar surface area (TPSA) is 56.2 Å². The smallest absolute Gasteiger partial charge is 0.187 e. The van der Waals surface area contributed by atoms with Crippen LogP contribution >= 0.6 is 0 Å². The average Bonchev–Trinajstić information content (AvgIpc) is 2.55. The molecule has 0 amide bonds. The summed E-state index contributed by atoms with van der Waals surface area (Å²) in [7, 11) is 0. The van der Waals surface area contributed by atoms with Crippen molar-refractivity contribution in [2.24, 2.45) is 0 Å². The first kappa shape index (κ1) is 8.71. The number of H-pyrrole nitrogens is 1. The molecule has 3 N–H and O–H groups in total. The maximum atomic E-state index is 9.55. The molecule has 3 rings (SSSR count). The molecule has 1 aliphatic carbocycles. The molecule has 1 aromatic carbocycles. The molecular formula is C12H11NO2. The zero-order chi connectivity index (χ0) is 10.5. The Morgan fingerprint density at radius 3 is 2.87 bits per heavy atom. The number of hydrogen-bond acceptors (Lipinski definition) is 2. The Hall–Kier alpha value is -1.58. The fourth-order valence-electron chi connectivity index (χ4n) is 2.09. The van der Waals surface area contributed by atoms with Gasteiger partial charge in [0.2, 0.25) is 0 Å². The summed E-state index contributed by atoms with van der Waals surface area (Å²) in [5.41, 5.74) is 2.97. The summed E-state index contributed by atoms with van der Waals surface area (Å²) in [6.07, 6.45) is 3.37. The molecule has 1 heterocycles. The molecule has 1 aromatic heterocycles. The first-order chi connectivity index (χ1) is 7.16. The number of para-hydroxylation sites is 1. The molecule has 0 fully saturated rings. The van der Waals surface area contributed by atoms with Crippen molar-refractivity contribution in [1.82, 2.24) is 4.98 Å². The summed E-state index contributed by atoms with van der Waals surface area (Å²) >= 11 is 0. The molecule has 76 valence electrons. The van der Waals surface area contributed by atoms with E-state index in [0.29, 0.717) is 0 Å². The highest BCUT2D eigenvalue weighted by Gasteiger charge is 2.27. The van der Waals surface area contributed by atoms with Crippen LogP contribution in [0.5, 0.6) is 0 Å². The summed E-state index contributed by atoms with van der Waals surface area (Å²) in [4.78, 5) is 3.24. The molecule has 0 saturated heterocycles. The van der Waals surface area contributed by atoms with Gasteiger partial charge in [0.1, 0.15) is 0 Å². The van der Waals surface area contributed by atoms with E-state index in [0.717, 1.165) is 22.2 Å². The van der Waals surface area contributed by atoms with E-state index in [9.17, 15) is 10.2 Å². The largest absolute Gasteiger partial charge is 0.362 e. The highest BCUT2D eigenvalue weighted by atomic mass is 16.5. The quantitative estimate of drug-likeness (QED) is 0.564. The second kappa shape index (κ2) is 2.72. The van der Waals surface area contributed by atoms with Crippen molar-refractivity contribution in [3.05, 3.63) is 41.6 Å². The fourth-order valence-corrected chi connectivity index (χ4v) is 2.09. The van der Waals surface area contributed by atoms with Gasteiger partial charge >= 0.3 is 0 Å². The second-order valence-electron chi connectivity index (χ2n) is 3.95. The van der Waals surface area contributed by atoms with E-state index in [1.807, 2.05) is 24.3 Å². The molecule has 2 aromatic rings. The highest BCUT2D eigenvalue weighted by Crippen LogP contribution is 2.30. The number of benzene rings is 1. The first-order valence-corrected chi connectivity index (χ1v) is 4.89. The molecule has 0 atom stereocenters. The van der Waals surface area contributed by atoms with Gasteiger partial charge in [0.05, 0.1) is 0 Å². The van der Waals surface area contributed by atoms with Gasteiger partial charge in [-0.05, 0) is 23.8 Å². The summed E-state index contributed by atoms with van der Waals surface area (Å²) in [6.45, 7) is 0. The van der Waals surface area contributed by atoms with Crippen LogP contribution in [0.3, 0.4) is 0 Å². The molecule has 0 spiro atoms. The first-order valence-electron chi connectivity index (χ1n) is 4.89. The minimum atomic E-state index is -1.71. The third kappa shape index (κ3) is 1.28.